The molecule has 78 valence electrons. The lowest BCUT2D eigenvalue weighted by atomic mass is 10.5. The molecular formula is C8H8N4O2S. The molecule has 2 aromatic rings. The van der Waals surface area contributed by atoms with Crippen LogP contribution >= 0.6 is 11.8 Å². The van der Waals surface area contributed by atoms with Crippen molar-refractivity contribution in [3.8, 4) is 0 Å². The number of nitrogens with zero attached hydrogens (tertiary/aromatic N) is 3. The first kappa shape index (κ1) is 9.91. The molecule has 0 unspecified atom stereocenters. The molecule has 2 rings (SSSR count). The van der Waals surface area contributed by atoms with Crippen LogP contribution in [0.15, 0.2) is 20.8 Å². The first-order valence-electron chi connectivity index (χ1n) is 4.13. The Hall–Kier alpha value is -1.63. The second kappa shape index (κ2) is 3.50. The molecule has 0 fully saturated rings. The molecule has 0 aliphatic carbocycles. The Morgan fingerprint density at radius 3 is 2.87 bits per heavy atom. The van der Waals surface area contributed by atoms with E-state index in [1.807, 2.05) is 6.26 Å². The van der Waals surface area contributed by atoms with Gasteiger partial charge < -0.3 is 0 Å². The number of nitrogens with one attached hydrogen (secondary N) is 1. The molecule has 2 aromatic heterocycles. The minimum atomic E-state index is -0.486. The average Bonchev–Trinajstić information content (AvgIpc) is 2.25. The van der Waals surface area contributed by atoms with E-state index >= 15 is 0 Å². The topological polar surface area (TPSA) is 80.6 Å². The molecule has 0 saturated carbocycles. The van der Waals surface area contributed by atoms with Gasteiger partial charge in [-0.15, -0.1) is 11.8 Å². The van der Waals surface area contributed by atoms with Crippen molar-refractivity contribution in [3.05, 3.63) is 27.0 Å². The molecule has 0 aliphatic rings. The Balaban J connectivity index is 2.93. The average molecular weight is 224 g/mol. The van der Waals surface area contributed by atoms with E-state index in [1.165, 1.54) is 25.0 Å². The highest BCUT2D eigenvalue weighted by molar-refractivity contribution is 7.98. The summed E-state index contributed by atoms with van der Waals surface area (Å²) in [5.41, 5.74) is -0.515. The molecule has 0 radical (unpaired) electrons. The lowest BCUT2D eigenvalue weighted by Gasteiger charge is -2.00. The lowest BCUT2D eigenvalue weighted by Crippen LogP contribution is -2.33. The minimum absolute atomic E-state index is 0.176. The van der Waals surface area contributed by atoms with Gasteiger partial charge in [-0.05, 0) is 6.26 Å². The highest BCUT2D eigenvalue weighted by Gasteiger charge is 2.07. The number of aromatic amines is 1. The molecule has 2 heterocycles. The summed E-state index contributed by atoms with van der Waals surface area (Å²) in [5, 5.41) is 0.659. The number of fused-ring (bicyclic) bond motifs is 1. The zero-order valence-corrected chi connectivity index (χ0v) is 8.96. The van der Waals surface area contributed by atoms with Crippen LogP contribution < -0.4 is 11.2 Å². The number of thioether (sulfide) groups is 1. The van der Waals surface area contributed by atoms with Gasteiger partial charge in [0.2, 0.25) is 0 Å². The summed E-state index contributed by atoms with van der Waals surface area (Å²) in [6, 6.07) is 0. The maximum absolute atomic E-state index is 11.6. The van der Waals surface area contributed by atoms with Gasteiger partial charge in [0.15, 0.2) is 11.2 Å². The van der Waals surface area contributed by atoms with Crippen LogP contribution in [0.3, 0.4) is 0 Å². The molecule has 0 amide bonds. The normalized spacial score (nSPS) is 10.8. The molecule has 0 atom stereocenters. The number of hydrogen-bond donors (Lipinski definition) is 1. The Morgan fingerprint density at radius 2 is 2.20 bits per heavy atom. The van der Waals surface area contributed by atoms with Crippen molar-refractivity contribution in [1.82, 2.24) is 19.5 Å². The Labute approximate surface area is 88.4 Å². The standard InChI is InChI=1S/C8H8N4O2S/c1-12-7(13)5-6(11-8(12)14)10-4(15-2)3-9-5/h3H,1-2H3,(H,10,11,14). The number of aromatic nitrogens is 4. The number of hydrogen-bond acceptors (Lipinski definition) is 5. The van der Waals surface area contributed by atoms with Crippen molar-refractivity contribution >= 4 is 22.9 Å². The van der Waals surface area contributed by atoms with E-state index in [0.29, 0.717) is 5.03 Å². The Kier molecular flexibility index (Phi) is 2.31. The molecule has 6 nitrogen and oxygen atoms in total. The van der Waals surface area contributed by atoms with Crippen LogP contribution in [0.4, 0.5) is 0 Å². The van der Waals surface area contributed by atoms with Crippen molar-refractivity contribution in [1.29, 1.82) is 0 Å². The zero-order chi connectivity index (χ0) is 11.0. The predicted molar refractivity (Wildman–Crippen MR) is 57.2 cm³/mol. The van der Waals surface area contributed by atoms with Gasteiger partial charge in [-0.3, -0.25) is 14.3 Å². The van der Waals surface area contributed by atoms with E-state index in [0.717, 1.165) is 4.57 Å². The fourth-order valence-electron chi connectivity index (χ4n) is 1.15. The van der Waals surface area contributed by atoms with Gasteiger partial charge in [-0.2, -0.15) is 0 Å². The second-order valence-corrected chi connectivity index (χ2v) is 3.73. The van der Waals surface area contributed by atoms with E-state index < -0.39 is 11.2 Å². The monoisotopic (exact) mass is 224 g/mol. The van der Waals surface area contributed by atoms with Crippen LogP contribution in [0.25, 0.3) is 11.2 Å². The van der Waals surface area contributed by atoms with E-state index in [-0.39, 0.29) is 11.2 Å². The van der Waals surface area contributed by atoms with Gasteiger partial charge in [-0.25, -0.2) is 14.8 Å². The van der Waals surface area contributed by atoms with Crippen LogP contribution in [0.5, 0.6) is 0 Å². The molecule has 1 N–H and O–H groups in total. The summed E-state index contributed by atoms with van der Waals surface area (Å²) in [6.07, 6.45) is 3.35. The van der Waals surface area contributed by atoms with Gasteiger partial charge in [-0.1, -0.05) is 0 Å². The molecule has 7 heteroatoms. The largest absolute Gasteiger partial charge is 0.329 e. The lowest BCUT2D eigenvalue weighted by molar-refractivity contribution is 0.784. The fraction of sp³-hybridized carbons (Fsp3) is 0.250. The SMILES string of the molecule is CSc1cnc2c(=O)n(C)c(=O)[nH]c2n1. The first-order chi connectivity index (χ1) is 7.13. The third-order valence-electron chi connectivity index (χ3n) is 2.00. The van der Waals surface area contributed by atoms with Crippen molar-refractivity contribution < 1.29 is 0 Å². The van der Waals surface area contributed by atoms with Crippen LogP contribution in [0, 0.1) is 0 Å². The highest BCUT2D eigenvalue weighted by atomic mass is 32.2. The smallest absolute Gasteiger partial charge is 0.290 e. The fourth-order valence-corrected chi connectivity index (χ4v) is 1.49. The van der Waals surface area contributed by atoms with E-state index in [1.54, 1.807) is 0 Å². The van der Waals surface area contributed by atoms with E-state index in [2.05, 4.69) is 15.0 Å². The number of H-pyrrole nitrogens is 1. The maximum atomic E-state index is 11.6. The summed E-state index contributed by atoms with van der Waals surface area (Å²) in [7, 11) is 1.39. The molecule has 0 bridgehead atoms. The molecule has 0 saturated heterocycles. The minimum Gasteiger partial charge on any atom is -0.290 e. The van der Waals surface area contributed by atoms with Gasteiger partial charge in [0.25, 0.3) is 5.56 Å². The third-order valence-corrected chi connectivity index (χ3v) is 2.61. The molecule has 0 spiro atoms. The van der Waals surface area contributed by atoms with Gasteiger partial charge in [0, 0.05) is 7.05 Å². The summed E-state index contributed by atoms with van der Waals surface area (Å²) < 4.78 is 0.968. The van der Waals surface area contributed by atoms with Crippen molar-refractivity contribution in [3.63, 3.8) is 0 Å². The van der Waals surface area contributed by atoms with Crippen LogP contribution in [-0.4, -0.2) is 25.8 Å². The third kappa shape index (κ3) is 1.54. The van der Waals surface area contributed by atoms with Gasteiger partial charge in [0.05, 0.1) is 6.20 Å². The second-order valence-electron chi connectivity index (χ2n) is 2.90. The van der Waals surface area contributed by atoms with Crippen molar-refractivity contribution in [2.45, 2.75) is 5.03 Å². The summed E-state index contributed by atoms with van der Waals surface area (Å²) >= 11 is 1.40. The summed E-state index contributed by atoms with van der Waals surface area (Å²) in [6.45, 7) is 0. The van der Waals surface area contributed by atoms with Gasteiger partial charge in [0.1, 0.15) is 5.03 Å². The zero-order valence-electron chi connectivity index (χ0n) is 8.14. The van der Waals surface area contributed by atoms with Crippen LogP contribution in [0.2, 0.25) is 0 Å². The quantitative estimate of drug-likeness (QED) is 0.675. The number of rotatable bonds is 1. The summed E-state index contributed by atoms with van der Waals surface area (Å²) in [5.74, 6) is 0. The van der Waals surface area contributed by atoms with E-state index in [4.69, 9.17) is 0 Å². The summed E-state index contributed by atoms with van der Waals surface area (Å²) in [4.78, 5) is 33.4. The molecular weight excluding hydrogens is 216 g/mol. The first-order valence-corrected chi connectivity index (χ1v) is 5.36. The molecule has 15 heavy (non-hydrogen) atoms. The highest BCUT2D eigenvalue weighted by Crippen LogP contribution is 2.10. The van der Waals surface area contributed by atoms with Crippen molar-refractivity contribution in [2.75, 3.05) is 6.26 Å². The van der Waals surface area contributed by atoms with E-state index in [9.17, 15) is 9.59 Å². The Morgan fingerprint density at radius 1 is 1.47 bits per heavy atom. The molecule has 0 aliphatic heterocycles. The molecule has 0 aromatic carbocycles. The predicted octanol–water partition coefficient (Wildman–Crippen LogP) is -0.261. The maximum Gasteiger partial charge on any atom is 0.329 e. The van der Waals surface area contributed by atoms with Crippen LogP contribution in [-0.2, 0) is 7.05 Å². The van der Waals surface area contributed by atoms with Crippen LogP contribution in [0.1, 0.15) is 0 Å². The Bertz CT molecular complexity index is 631. The van der Waals surface area contributed by atoms with Gasteiger partial charge >= 0.3 is 5.69 Å². The van der Waals surface area contributed by atoms with Crippen molar-refractivity contribution in [2.24, 2.45) is 7.05 Å².